The van der Waals surface area contributed by atoms with E-state index in [2.05, 4.69) is 77.2 Å². The number of aryl methyl sites for hydroxylation is 5. The molecule has 0 saturated heterocycles. The lowest BCUT2D eigenvalue weighted by molar-refractivity contribution is -0.136. The molecule has 1 unspecified atom stereocenters. The van der Waals surface area contributed by atoms with Crippen LogP contribution in [0.2, 0.25) is 0 Å². The fourth-order valence-corrected chi connectivity index (χ4v) is 4.75. The van der Waals surface area contributed by atoms with E-state index in [1.807, 2.05) is 18.2 Å². The van der Waals surface area contributed by atoms with Crippen LogP contribution in [0.1, 0.15) is 82.0 Å². The third kappa shape index (κ3) is 7.94. The number of carbonyl (C=O) groups is 2. The second kappa shape index (κ2) is 12.6. The zero-order valence-corrected chi connectivity index (χ0v) is 22.9. The molecule has 0 aliphatic heterocycles. The van der Waals surface area contributed by atoms with E-state index in [1.54, 1.807) is 6.07 Å². The minimum absolute atomic E-state index is 0.0462. The van der Waals surface area contributed by atoms with E-state index in [0.29, 0.717) is 29.4 Å². The number of amides is 1. The molecular weight excluding hydrogens is 462 g/mol. The van der Waals surface area contributed by atoms with Gasteiger partial charge in [0.25, 0.3) is 5.91 Å². The van der Waals surface area contributed by atoms with E-state index in [4.69, 9.17) is 4.74 Å². The Labute approximate surface area is 220 Å². The zero-order chi connectivity index (χ0) is 27.1. The van der Waals surface area contributed by atoms with Crippen molar-refractivity contribution in [1.29, 1.82) is 0 Å². The maximum atomic E-state index is 13.7. The molecule has 3 aromatic carbocycles. The second-order valence-corrected chi connectivity index (χ2v) is 10.4. The summed E-state index contributed by atoms with van der Waals surface area (Å²) in [5.74, 6) is -0.152. The Hall–Kier alpha value is -3.60. The number of carbonyl (C=O) groups excluding carboxylic acids is 1. The van der Waals surface area contributed by atoms with E-state index >= 15 is 0 Å². The average Bonchev–Trinajstić information content (AvgIpc) is 2.81. The number of hydrogen-bond donors (Lipinski definition) is 2. The number of rotatable bonds is 11. The number of hydrogen-bond acceptors (Lipinski definition) is 3. The van der Waals surface area contributed by atoms with Gasteiger partial charge in [-0.15, -0.1) is 0 Å². The largest absolute Gasteiger partial charge is 0.489 e. The Morgan fingerprint density at radius 2 is 1.57 bits per heavy atom. The van der Waals surface area contributed by atoms with Crippen molar-refractivity contribution in [1.82, 2.24) is 5.32 Å². The summed E-state index contributed by atoms with van der Waals surface area (Å²) < 4.78 is 6.11. The number of ether oxygens (including phenoxy) is 1. The molecule has 3 aromatic rings. The molecule has 0 aromatic heterocycles. The van der Waals surface area contributed by atoms with E-state index in [9.17, 15) is 14.7 Å². The molecule has 3 rings (SSSR count). The van der Waals surface area contributed by atoms with Crippen LogP contribution in [0.15, 0.2) is 54.6 Å². The summed E-state index contributed by atoms with van der Waals surface area (Å²) in [7, 11) is 0. The van der Waals surface area contributed by atoms with Gasteiger partial charge in [-0.25, -0.2) is 0 Å². The Bertz CT molecular complexity index is 1220. The predicted octanol–water partition coefficient (Wildman–Crippen LogP) is 7.03. The number of carboxylic acids is 1. The molecule has 37 heavy (non-hydrogen) atoms. The normalized spacial score (nSPS) is 11.9. The second-order valence-electron chi connectivity index (χ2n) is 10.4. The van der Waals surface area contributed by atoms with E-state index in [-0.39, 0.29) is 24.8 Å². The molecule has 2 N–H and O–H groups in total. The molecular formula is C32H39NO4. The topological polar surface area (TPSA) is 75.6 Å². The van der Waals surface area contributed by atoms with Gasteiger partial charge in [0.15, 0.2) is 0 Å². The SMILES string of the molecule is Cc1cc(C)cc(C(CC(C)C)NC(=O)c2cc(OCc3c(C)cccc3C)ccc2CCC(=O)O)c1. The number of benzene rings is 3. The number of nitrogens with one attached hydrogen (secondary N) is 1. The number of aliphatic carboxylic acids is 1. The van der Waals surface area contributed by atoms with Gasteiger partial charge in [0.2, 0.25) is 0 Å². The minimum Gasteiger partial charge on any atom is -0.489 e. The first kappa shape index (κ1) is 28.0. The van der Waals surface area contributed by atoms with Crippen molar-refractivity contribution >= 4 is 11.9 Å². The summed E-state index contributed by atoms with van der Waals surface area (Å²) in [5.41, 5.74) is 7.97. The first-order valence-corrected chi connectivity index (χ1v) is 12.9. The molecule has 0 saturated carbocycles. The standard InChI is InChI=1S/C32H39NO4/c1-20(2)14-30(26-16-21(3)15-22(4)17-26)33-32(36)28-18-27(12-10-25(28)11-13-31(34)35)37-19-29-23(5)8-7-9-24(29)6/h7-10,12,15-18,20,30H,11,13-14,19H2,1-6H3,(H,33,36)(H,34,35). The lowest BCUT2D eigenvalue weighted by Gasteiger charge is -2.23. The molecule has 1 amide bonds. The average molecular weight is 502 g/mol. The molecule has 0 spiro atoms. The van der Waals surface area contributed by atoms with Gasteiger partial charge in [0.05, 0.1) is 6.04 Å². The van der Waals surface area contributed by atoms with Crippen LogP contribution >= 0.6 is 0 Å². The maximum Gasteiger partial charge on any atom is 0.303 e. The molecule has 5 nitrogen and oxygen atoms in total. The van der Waals surface area contributed by atoms with Gasteiger partial charge >= 0.3 is 5.97 Å². The fraction of sp³-hybridized carbons (Fsp3) is 0.375. The molecule has 0 bridgehead atoms. The smallest absolute Gasteiger partial charge is 0.303 e. The van der Waals surface area contributed by atoms with Crippen LogP contribution in [0, 0.1) is 33.6 Å². The van der Waals surface area contributed by atoms with Crippen LogP contribution in [0.25, 0.3) is 0 Å². The van der Waals surface area contributed by atoms with Gasteiger partial charge in [-0.2, -0.15) is 0 Å². The van der Waals surface area contributed by atoms with Crippen LogP contribution in [0.5, 0.6) is 5.75 Å². The Morgan fingerprint density at radius 1 is 0.919 bits per heavy atom. The van der Waals surface area contributed by atoms with Crippen molar-refractivity contribution in [2.75, 3.05) is 0 Å². The molecule has 0 heterocycles. The van der Waals surface area contributed by atoms with Crippen LogP contribution in [0.4, 0.5) is 0 Å². The predicted molar refractivity (Wildman–Crippen MR) is 148 cm³/mol. The molecule has 1 atom stereocenters. The summed E-state index contributed by atoms with van der Waals surface area (Å²) in [6.45, 7) is 12.9. The lowest BCUT2D eigenvalue weighted by Crippen LogP contribution is -2.30. The van der Waals surface area contributed by atoms with Crippen LogP contribution in [0.3, 0.4) is 0 Å². The number of carboxylic acid groups (broad SMARTS) is 1. The highest BCUT2D eigenvalue weighted by Gasteiger charge is 2.21. The molecule has 5 heteroatoms. The molecule has 0 aliphatic rings. The fourth-order valence-electron chi connectivity index (χ4n) is 4.75. The Kier molecular flexibility index (Phi) is 9.51. The molecule has 0 fully saturated rings. The highest BCUT2D eigenvalue weighted by atomic mass is 16.5. The van der Waals surface area contributed by atoms with Crippen molar-refractivity contribution in [2.24, 2.45) is 5.92 Å². The van der Waals surface area contributed by atoms with Crippen LogP contribution < -0.4 is 10.1 Å². The third-order valence-corrected chi connectivity index (χ3v) is 6.62. The van der Waals surface area contributed by atoms with Gasteiger partial charge in [0.1, 0.15) is 12.4 Å². The van der Waals surface area contributed by atoms with Crippen molar-refractivity contribution < 1.29 is 19.4 Å². The van der Waals surface area contributed by atoms with Gasteiger partial charge in [-0.3, -0.25) is 9.59 Å². The Balaban J connectivity index is 1.91. The Morgan fingerprint density at radius 3 is 2.16 bits per heavy atom. The lowest BCUT2D eigenvalue weighted by atomic mass is 9.93. The van der Waals surface area contributed by atoms with Gasteiger partial charge in [-0.1, -0.05) is 67.4 Å². The third-order valence-electron chi connectivity index (χ3n) is 6.62. The highest BCUT2D eigenvalue weighted by Crippen LogP contribution is 2.27. The van der Waals surface area contributed by atoms with E-state index in [0.717, 1.165) is 39.8 Å². The van der Waals surface area contributed by atoms with Gasteiger partial charge < -0.3 is 15.2 Å². The van der Waals surface area contributed by atoms with E-state index in [1.165, 1.54) is 0 Å². The maximum absolute atomic E-state index is 13.7. The molecule has 0 radical (unpaired) electrons. The quantitative estimate of drug-likeness (QED) is 0.296. The van der Waals surface area contributed by atoms with Crippen molar-refractivity contribution in [2.45, 2.75) is 73.5 Å². The highest BCUT2D eigenvalue weighted by molar-refractivity contribution is 5.96. The van der Waals surface area contributed by atoms with Crippen LogP contribution in [-0.2, 0) is 17.8 Å². The summed E-state index contributed by atoms with van der Waals surface area (Å²) >= 11 is 0. The first-order valence-electron chi connectivity index (χ1n) is 12.9. The minimum atomic E-state index is -0.894. The monoisotopic (exact) mass is 501 g/mol. The molecule has 196 valence electrons. The summed E-state index contributed by atoms with van der Waals surface area (Å²) in [5, 5.41) is 12.5. The van der Waals surface area contributed by atoms with Gasteiger partial charge in [-0.05, 0) is 86.4 Å². The summed E-state index contributed by atoms with van der Waals surface area (Å²) in [6.07, 6.45) is 1.02. The van der Waals surface area contributed by atoms with Gasteiger partial charge in [0, 0.05) is 12.0 Å². The van der Waals surface area contributed by atoms with E-state index < -0.39 is 5.97 Å². The molecule has 0 aliphatic carbocycles. The van der Waals surface area contributed by atoms with Crippen molar-refractivity contribution in [3.05, 3.63) is 99.1 Å². The zero-order valence-electron chi connectivity index (χ0n) is 22.9. The first-order chi connectivity index (χ1) is 17.5. The summed E-state index contributed by atoms with van der Waals surface area (Å²) in [4.78, 5) is 24.9. The van der Waals surface area contributed by atoms with Crippen molar-refractivity contribution in [3.8, 4) is 5.75 Å². The van der Waals surface area contributed by atoms with Crippen LogP contribution in [-0.4, -0.2) is 17.0 Å². The summed E-state index contributed by atoms with van der Waals surface area (Å²) in [6, 6.07) is 17.7. The van der Waals surface area contributed by atoms with Crippen molar-refractivity contribution in [3.63, 3.8) is 0 Å².